The lowest BCUT2D eigenvalue weighted by Crippen LogP contribution is -2.30. The highest BCUT2D eigenvalue weighted by atomic mass is 32.1. The van der Waals surface area contributed by atoms with Crippen LogP contribution < -0.4 is 11.1 Å². The molecule has 0 spiro atoms. The second-order valence-corrected chi connectivity index (χ2v) is 4.17. The van der Waals surface area contributed by atoms with Gasteiger partial charge in [-0.1, -0.05) is 0 Å². The summed E-state index contributed by atoms with van der Waals surface area (Å²) in [6.45, 7) is 3.64. The van der Waals surface area contributed by atoms with Gasteiger partial charge in [-0.25, -0.2) is 4.79 Å². The fraction of sp³-hybridized carbons (Fsp3) is 0.444. The fourth-order valence-corrected chi connectivity index (χ4v) is 1.75. The highest BCUT2D eigenvalue weighted by Crippen LogP contribution is 2.22. The Kier molecular flexibility index (Phi) is 3.83. The lowest BCUT2D eigenvalue weighted by Gasteiger charge is -2.06. The Morgan fingerprint density at radius 2 is 2.12 bits per heavy atom. The number of nitrogens with one attached hydrogen (secondary N) is 1. The second-order valence-electron chi connectivity index (χ2n) is 3.39. The zero-order valence-electron chi connectivity index (χ0n) is 9.23. The Hall–Kier alpha value is -1.63. The number of hydrogen-bond donors (Lipinski definition) is 2. The summed E-state index contributed by atoms with van der Waals surface area (Å²) in [6, 6.07) is -0.0184. The molecule has 1 aromatic heterocycles. The molecule has 7 heteroatoms. The van der Waals surface area contributed by atoms with Crippen molar-refractivity contribution in [2.24, 2.45) is 0 Å². The molecule has 16 heavy (non-hydrogen) atoms. The molecule has 0 saturated heterocycles. The van der Waals surface area contributed by atoms with Crippen molar-refractivity contribution in [2.75, 3.05) is 12.8 Å². The van der Waals surface area contributed by atoms with E-state index in [2.05, 4.69) is 14.4 Å². The van der Waals surface area contributed by atoms with Gasteiger partial charge >= 0.3 is 5.97 Å². The number of anilines is 1. The smallest absolute Gasteiger partial charge is 0.351 e. The topological polar surface area (TPSA) is 94.3 Å². The van der Waals surface area contributed by atoms with Crippen LogP contribution in [0.5, 0.6) is 0 Å². The molecule has 1 rings (SSSR count). The monoisotopic (exact) mass is 243 g/mol. The number of esters is 1. The number of methoxy groups -OCH3 is 1. The number of aromatic nitrogens is 1. The average Bonchev–Trinajstić information content (AvgIpc) is 2.58. The van der Waals surface area contributed by atoms with Crippen LogP contribution in [0.2, 0.25) is 0 Å². The standard InChI is InChI=1S/C9H13N3O3S/c1-4(2)11-8(13)6-5(10)7(16-12-6)9(14)15-3/h4H,10H2,1-3H3,(H,11,13). The molecular formula is C9H13N3O3S. The van der Waals surface area contributed by atoms with Crippen LogP contribution in [0, 0.1) is 0 Å². The van der Waals surface area contributed by atoms with Crippen molar-refractivity contribution < 1.29 is 14.3 Å². The van der Waals surface area contributed by atoms with E-state index in [1.165, 1.54) is 7.11 Å². The predicted octanol–water partition coefficient (Wildman–Crippen LogP) is 0.650. The first-order valence-electron chi connectivity index (χ1n) is 4.61. The molecule has 3 N–H and O–H groups in total. The molecule has 0 aliphatic rings. The van der Waals surface area contributed by atoms with E-state index >= 15 is 0 Å². The van der Waals surface area contributed by atoms with Crippen molar-refractivity contribution in [2.45, 2.75) is 19.9 Å². The minimum atomic E-state index is -0.585. The number of nitrogens with zero attached hydrogens (tertiary/aromatic N) is 1. The molecule has 0 fully saturated rings. The number of nitrogens with two attached hydrogens (primary N) is 1. The van der Waals surface area contributed by atoms with Crippen molar-refractivity contribution in [3.8, 4) is 0 Å². The number of nitrogen functional groups attached to an aromatic ring is 1. The van der Waals surface area contributed by atoms with Crippen LogP contribution in [0.1, 0.15) is 34.0 Å². The Balaban J connectivity index is 2.96. The zero-order valence-corrected chi connectivity index (χ0v) is 10.1. The summed E-state index contributed by atoms with van der Waals surface area (Å²) in [4.78, 5) is 23.0. The summed E-state index contributed by atoms with van der Waals surface area (Å²) in [5, 5.41) is 2.64. The van der Waals surface area contributed by atoms with Crippen molar-refractivity contribution in [3.05, 3.63) is 10.6 Å². The first kappa shape index (κ1) is 12.4. The third kappa shape index (κ3) is 2.48. The highest BCUT2D eigenvalue weighted by Gasteiger charge is 2.22. The first-order chi connectivity index (χ1) is 7.47. The maximum atomic E-state index is 11.6. The van der Waals surface area contributed by atoms with E-state index in [1.54, 1.807) is 0 Å². The van der Waals surface area contributed by atoms with Gasteiger partial charge in [-0.3, -0.25) is 4.79 Å². The zero-order chi connectivity index (χ0) is 12.3. The molecule has 0 aromatic carbocycles. The lowest BCUT2D eigenvalue weighted by atomic mass is 10.2. The molecule has 1 heterocycles. The van der Waals surface area contributed by atoms with Crippen molar-refractivity contribution in [3.63, 3.8) is 0 Å². The molecule has 0 atom stereocenters. The van der Waals surface area contributed by atoms with E-state index < -0.39 is 5.97 Å². The van der Waals surface area contributed by atoms with Gasteiger partial charge in [0.2, 0.25) is 0 Å². The Labute approximate surface area is 96.9 Å². The summed E-state index contributed by atoms with van der Waals surface area (Å²) in [6.07, 6.45) is 0. The van der Waals surface area contributed by atoms with Crippen LogP contribution in [-0.4, -0.2) is 29.4 Å². The van der Waals surface area contributed by atoms with Crippen LogP contribution >= 0.6 is 11.5 Å². The molecule has 1 amide bonds. The first-order valence-corrected chi connectivity index (χ1v) is 5.39. The van der Waals surface area contributed by atoms with Crippen molar-refractivity contribution >= 4 is 29.1 Å². The van der Waals surface area contributed by atoms with E-state index in [-0.39, 0.29) is 28.2 Å². The van der Waals surface area contributed by atoms with E-state index in [0.717, 1.165) is 11.5 Å². The maximum Gasteiger partial charge on any atom is 0.351 e. The molecule has 0 aliphatic heterocycles. The molecule has 88 valence electrons. The van der Waals surface area contributed by atoms with Crippen LogP contribution in [0.15, 0.2) is 0 Å². The van der Waals surface area contributed by atoms with E-state index in [1.807, 2.05) is 13.8 Å². The number of ether oxygens (including phenoxy) is 1. The molecule has 1 aromatic rings. The van der Waals surface area contributed by atoms with E-state index in [9.17, 15) is 9.59 Å². The minimum Gasteiger partial charge on any atom is -0.465 e. The van der Waals surface area contributed by atoms with E-state index in [0.29, 0.717) is 0 Å². The molecular weight excluding hydrogens is 230 g/mol. The Bertz CT molecular complexity index is 414. The van der Waals surface area contributed by atoms with E-state index in [4.69, 9.17) is 5.73 Å². The normalized spacial score (nSPS) is 10.2. The SMILES string of the molecule is COC(=O)c1snc(C(=O)NC(C)C)c1N. The number of amides is 1. The molecule has 0 bridgehead atoms. The Morgan fingerprint density at radius 3 is 2.62 bits per heavy atom. The van der Waals surface area contributed by atoms with Gasteiger partial charge in [0, 0.05) is 6.04 Å². The number of carbonyl (C=O) groups excluding carboxylic acids is 2. The van der Waals surface area contributed by atoms with Crippen LogP contribution in [0.4, 0.5) is 5.69 Å². The summed E-state index contributed by atoms with van der Waals surface area (Å²) >= 11 is 0.854. The molecule has 0 unspecified atom stereocenters. The third-order valence-electron chi connectivity index (χ3n) is 1.73. The number of carbonyl (C=O) groups is 2. The quantitative estimate of drug-likeness (QED) is 0.760. The van der Waals surface area contributed by atoms with Gasteiger partial charge in [0.1, 0.15) is 0 Å². The molecule has 0 aliphatic carbocycles. The van der Waals surface area contributed by atoms with Crippen LogP contribution in [-0.2, 0) is 4.74 Å². The Morgan fingerprint density at radius 1 is 1.50 bits per heavy atom. The maximum absolute atomic E-state index is 11.6. The lowest BCUT2D eigenvalue weighted by molar-refractivity contribution is 0.0607. The largest absolute Gasteiger partial charge is 0.465 e. The summed E-state index contributed by atoms with van der Waals surface area (Å²) in [5.41, 5.74) is 5.78. The number of rotatable bonds is 3. The fourth-order valence-electron chi connectivity index (χ4n) is 1.03. The second kappa shape index (κ2) is 4.93. The van der Waals surface area contributed by atoms with Gasteiger partial charge in [0.05, 0.1) is 12.8 Å². The van der Waals surface area contributed by atoms with Crippen molar-refractivity contribution in [1.29, 1.82) is 0 Å². The van der Waals surface area contributed by atoms with Crippen LogP contribution in [0.25, 0.3) is 0 Å². The molecule has 0 radical (unpaired) electrons. The average molecular weight is 243 g/mol. The minimum absolute atomic E-state index is 0.0184. The molecule has 0 saturated carbocycles. The predicted molar refractivity (Wildman–Crippen MR) is 60.5 cm³/mol. The van der Waals surface area contributed by atoms with Gasteiger partial charge in [0.15, 0.2) is 10.6 Å². The van der Waals surface area contributed by atoms with Gasteiger partial charge in [-0.15, -0.1) is 0 Å². The van der Waals surface area contributed by atoms with Crippen molar-refractivity contribution in [1.82, 2.24) is 9.69 Å². The number of hydrogen-bond acceptors (Lipinski definition) is 6. The highest BCUT2D eigenvalue weighted by molar-refractivity contribution is 7.08. The third-order valence-corrected chi connectivity index (χ3v) is 2.58. The summed E-state index contributed by atoms with van der Waals surface area (Å²) in [5.74, 6) is -0.975. The van der Waals surface area contributed by atoms with Gasteiger partial charge < -0.3 is 15.8 Å². The summed E-state index contributed by atoms with van der Waals surface area (Å²) < 4.78 is 8.35. The van der Waals surface area contributed by atoms with Gasteiger partial charge in [0.25, 0.3) is 5.91 Å². The van der Waals surface area contributed by atoms with Gasteiger partial charge in [-0.2, -0.15) is 4.37 Å². The van der Waals surface area contributed by atoms with Crippen LogP contribution in [0.3, 0.4) is 0 Å². The molecule has 6 nitrogen and oxygen atoms in total. The van der Waals surface area contributed by atoms with Gasteiger partial charge in [-0.05, 0) is 25.4 Å². The summed E-state index contributed by atoms with van der Waals surface area (Å²) in [7, 11) is 1.25.